The molecule has 9 heteroatoms. The van der Waals surface area contributed by atoms with Crippen LogP contribution < -0.4 is 9.47 Å². The van der Waals surface area contributed by atoms with Crippen LogP contribution in [0.15, 0.2) is 42.1 Å². The van der Waals surface area contributed by atoms with Crippen molar-refractivity contribution in [1.29, 1.82) is 0 Å². The van der Waals surface area contributed by atoms with E-state index in [0.717, 1.165) is 0 Å². The Balaban J connectivity index is 2.04. The van der Waals surface area contributed by atoms with Crippen molar-refractivity contribution in [2.45, 2.75) is 13.5 Å². The second-order valence-corrected chi connectivity index (χ2v) is 6.27. The summed E-state index contributed by atoms with van der Waals surface area (Å²) in [6.07, 6.45) is 4.62. The number of thiazole rings is 1. The Bertz CT molecular complexity index is 1040. The van der Waals surface area contributed by atoms with Crippen molar-refractivity contribution in [2.24, 2.45) is 0 Å². The maximum Gasteiger partial charge on any atom is 0.387 e. The largest absolute Gasteiger partial charge is 0.476 e. The number of carbonyl (C=O) groups is 1. The number of imidazole rings is 1. The third-order valence-electron chi connectivity index (χ3n) is 3.41. The fourth-order valence-electron chi connectivity index (χ4n) is 2.44. The molecule has 0 bridgehead atoms. The molecule has 0 fully saturated rings. The summed E-state index contributed by atoms with van der Waals surface area (Å²) in [6, 6.07) is 4.48. The second kappa shape index (κ2) is 7.58. The van der Waals surface area contributed by atoms with Gasteiger partial charge < -0.3 is 14.6 Å². The van der Waals surface area contributed by atoms with Crippen molar-refractivity contribution in [3.8, 4) is 11.5 Å². The minimum Gasteiger partial charge on any atom is -0.476 e. The van der Waals surface area contributed by atoms with Gasteiger partial charge in [0.05, 0.1) is 11.5 Å². The van der Waals surface area contributed by atoms with Crippen molar-refractivity contribution >= 4 is 34.4 Å². The maximum absolute atomic E-state index is 12.6. The molecule has 0 atom stereocenters. The Kier molecular flexibility index (Phi) is 5.22. The third kappa shape index (κ3) is 3.98. The zero-order chi connectivity index (χ0) is 19.6. The molecule has 1 N–H and O–H groups in total. The fourth-order valence-corrected chi connectivity index (χ4v) is 3.16. The van der Waals surface area contributed by atoms with Crippen LogP contribution in [-0.4, -0.2) is 27.1 Å². The van der Waals surface area contributed by atoms with Gasteiger partial charge in [0.2, 0.25) is 0 Å². The summed E-state index contributed by atoms with van der Waals surface area (Å²) in [6.45, 7) is 2.16. The van der Waals surface area contributed by atoms with Crippen LogP contribution in [0.1, 0.15) is 28.7 Å². The monoisotopic (exact) mass is 392 g/mol. The number of nitrogens with zero attached hydrogens (tertiary/aromatic N) is 2. The van der Waals surface area contributed by atoms with Gasteiger partial charge in [-0.25, -0.2) is 9.78 Å². The van der Waals surface area contributed by atoms with Crippen LogP contribution >= 0.6 is 11.3 Å². The SMILES string of the molecule is C=C(C)Oc1c(C=Cc2nc3sccn3c2C(=O)O)cccc1OC(F)F. The van der Waals surface area contributed by atoms with Crippen LogP contribution in [0.3, 0.4) is 0 Å². The number of alkyl halides is 2. The molecule has 0 unspecified atom stereocenters. The van der Waals surface area contributed by atoms with Crippen LogP contribution in [0.4, 0.5) is 8.78 Å². The summed E-state index contributed by atoms with van der Waals surface area (Å²) in [4.78, 5) is 16.4. The molecule has 6 nitrogen and oxygen atoms in total. The molecule has 0 radical (unpaired) electrons. The van der Waals surface area contributed by atoms with Gasteiger partial charge in [-0.15, -0.1) is 11.3 Å². The molecular weight excluding hydrogens is 378 g/mol. The molecule has 0 aliphatic heterocycles. The minimum atomic E-state index is -3.02. The highest BCUT2D eigenvalue weighted by Crippen LogP contribution is 2.35. The Labute approximate surface area is 156 Å². The van der Waals surface area contributed by atoms with Crippen LogP contribution in [0.25, 0.3) is 17.1 Å². The van der Waals surface area contributed by atoms with Gasteiger partial charge in [0, 0.05) is 17.1 Å². The molecule has 0 amide bonds. The molecule has 27 heavy (non-hydrogen) atoms. The van der Waals surface area contributed by atoms with Gasteiger partial charge in [0.15, 0.2) is 22.2 Å². The van der Waals surface area contributed by atoms with Gasteiger partial charge in [-0.2, -0.15) is 8.78 Å². The lowest BCUT2D eigenvalue weighted by atomic mass is 10.1. The van der Waals surface area contributed by atoms with Crippen molar-refractivity contribution in [2.75, 3.05) is 0 Å². The van der Waals surface area contributed by atoms with E-state index in [-0.39, 0.29) is 28.6 Å². The molecule has 2 heterocycles. The van der Waals surface area contributed by atoms with Crippen molar-refractivity contribution in [3.05, 3.63) is 59.1 Å². The molecule has 0 saturated heterocycles. The van der Waals surface area contributed by atoms with E-state index < -0.39 is 12.6 Å². The van der Waals surface area contributed by atoms with Crippen LogP contribution in [0.5, 0.6) is 11.5 Å². The first kappa shape index (κ1) is 18.6. The number of aromatic carboxylic acids is 1. The summed E-state index contributed by atoms with van der Waals surface area (Å²) >= 11 is 1.30. The van der Waals surface area contributed by atoms with Crippen LogP contribution in [0, 0.1) is 0 Å². The van der Waals surface area contributed by atoms with Gasteiger partial charge in [-0.3, -0.25) is 4.40 Å². The van der Waals surface area contributed by atoms with E-state index in [0.29, 0.717) is 10.5 Å². The molecular formula is C18H14F2N2O4S. The molecule has 3 rings (SSSR count). The molecule has 2 aromatic heterocycles. The van der Waals surface area contributed by atoms with Crippen LogP contribution in [-0.2, 0) is 0 Å². The number of rotatable bonds is 7. The predicted molar refractivity (Wildman–Crippen MR) is 97.5 cm³/mol. The Morgan fingerprint density at radius 1 is 1.41 bits per heavy atom. The molecule has 0 aliphatic rings. The van der Waals surface area contributed by atoms with E-state index in [2.05, 4.69) is 16.3 Å². The van der Waals surface area contributed by atoms with E-state index in [4.69, 9.17) is 4.74 Å². The summed E-state index contributed by atoms with van der Waals surface area (Å²) in [5.41, 5.74) is 0.643. The lowest BCUT2D eigenvalue weighted by Crippen LogP contribution is -2.05. The zero-order valence-electron chi connectivity index (χ0n) is 14.1. The third-order valence-corrected chi connectivity index (χ3v) is 4.17. The highest BCUT2D eigenvalue weighted by Gasteiger charge is 2.18. The highest BCUT2D eigenvalue weighted by molar-refractivity contribution is 7.15. The van der Waals surface area contributed by atoms with Crippen molar-refractivity contribution < 1.29 is 28.2 Å². The predicted octanol–water partition coefficient (Wildman–Crippen LogP) is 4.78. The van der Waals surface area contributed by atoms with E-state index in [1.54, 1.807) is 24.6 Å². The average molecular weight is 392 g/mol. The Morgan fingerprint density at radius 2 is 2.19 bits per heavy atom. The highest BCUT2D eigenvalue weighted by atomic mass is 32.1. The number of hydrogen-bond donors (Lipinski definition) is 1. The molecule has 1 aromatic carbocycles. The number of halogens is 2. The van der Waals surface area contributed by atoms with Gasteiger partial charge in [-0.1, -0.05) is 18.7 Å². The van der Waals surface area contributed by atoms with Gasteiger partial charge in [0.1, 0.15) is 0 Å². The van der Waals surface area contributed by atoms with Gasteiger partial charge in [-0.05, 0) is 25.1 Å². The first-order valence-corrected chi connectivity index (χ1v) is 8.53. The topological polar surface area (TPSA) is 73.1 Å². The number of ether oxygens (including phenoxy) is 2. The Hall–Kier alpha value is -3.20. The number of allylic oxidation sites excluding steroid dienone is 1. The zero-order valence-corrected chi connectivity index (χ0v) is 14.9. The smallest absolute Gasteiger partial charge is 0.387 e. The number of benzene rings is 1. The van der Waals surface area contributed by atoms with Crippen molar-refractivity contribution in [1.82, 2.24) is 9.38 Å². The number of carboxylic acid groups (broad SMARTS) is 1. The number of hydrogen-bond acceptors (Lipinski definition) is 5. The fraction of sp³-hybridized carbons (Fsp3) is 0.111. The maximum atomic E-state index is 12.6. The van der Waals surface area contributed by atoms with E-state index in [1.807, 2.05) is 0 Å². The number of aromatic nitrogens is 2. The minimum absolute atomic E-state index is 0.00450. The summed E-state index contributed by atoms with van der Waals surface area (Å²) < 4.78 is 36.7. The average Bonchev–Trinajstić information content (AvgIpc) is 3.14. The second-order valence-electron chi connectivity index (χ2n) is 5.40. The summed E-state index contributed by atoms with van der Waals surface area (Å²) in [5, 5.41) is 11.2. The molecule has 3 aromatic rings. The molecule has 140 valence electrons. The van der Waals surface area contributed by atoms with Crippen LogP contribution in [0.2, 0.25) is 0 Å². The molecule has 0 aliphatic carbocycles. The van der Waals surface area contributed by atoms with Gasteiger partial charge >= 0.3 is 12.6 Å². The van der Waals surface area contributed by atoms with Gasteiger partial charge in [0.25, 0.3) is 0 Å². The lowest BCUT2D eigenvalue weighted by molar-refractivity contribution is -0.0511. The first-order chi connectivity index (χ1) is 12.9. The molecule has 0 saturated carbocycles. The summed E-state index contributed by atoms with van der Waals surface area (Å²) in [7, 11) is 0. The summed E-state index contributed by atoms with van der Waals surface area (Å²) in [5.74, 6) is -0.948. The Morgan fingerprint density at radius 3 is 2.85 bits per heavy atom. The first-order valence-electron chi connectivity index (χ1n) is 7.65. The number of fused-ring (bicyclic) bond motifs is 1. The lowest BCUT2D eigenvalue weighted by Gasteiger charge is -2.14. The van der Waals surface area contributed by atoms with E-state index in [1.165, 1.54) is 40.0 Å². The standard InChI is InChI=1S/C18H14F2N2O4S/c1-10(2)25-15-11(4-3-5-13(15)26-17(19)20)6-7-12-14(16(23)24)22-8-9-27-18(22)21-12/h3-9,17H,1H2,2H3,(H,23,24). The van der Waals surface area contributed by atoms with E-state index in [9.17, 15) is 18.7 Å². The normalized spacial score (nSPS) is 11.4. The number of carboxylic acids is 1. The number of para-hydroxylation sites is 1. The molecule has 0 spiro atoms. The quantitative estimate of drug-likeness (QED) is 0.586. The van der Waals surface area contributed by atoms with E-state index >= 15 is 0 Å². The van der Waals surface area contributed by atoms with Crippen molar-refractivity contribution in [3.63, 3.8) is 0 Å².